The lowest BCUT2D eigenvalue weighted by molar-refractivity contribution is 0.466. The molecule has 2 heteroatoms. The second-order valence-electron chi connectivity index (χ2n) is 7.48. The van der Waals surface area contributed by atoms with Crippen molar-refractivity contribution in [3.63, 3.8) is 0 Å². The first-order valence-corrected chi connectivity index (χ1v) is 11.7. The zero-order chi connectivity index (χ0) is 18.3. The molecule has 0 amide bonds. The van der Waals surface area contributed by atoms with Gasteiger partial charge in [-0.05, 0) is 61.3 Å². The van der Waals surface area contributed by atoms with Crippen LogP contribution in [0.3, 0.4) is 0 Å². The van der Waals surface area contributed by atoms with Crippen LogP contribution in [0, 0.1) is 13.8 Å². The lowest BCUT2D eigenvalue weighted by Gasteiger charge is -2.08. The van der Waals surface area contributed by atoms with Crippen molar-refractivity contribution in [2.24, 2.45) is 0 Å². The van der Waals surface area contributed by atoms with Gasteiger partial charge in [-0.15, -0.1) is 0 Å². The number of phenolic OH excluding ortho intramolecular Hbond substituents is 1. The number of hydrogen-bond acceptors (Lipinski definition) is 2. The van der Waals surface area contributed by atoms with Crippen molar-refractivity contribution < 1.29 is 5.11 Å². The van der Waals surface area contributed by atoms with Crippen molar-refractivity contribution >= 4 is 11.8 Å². The summed E-state index contributed by atoms with van der Waals surface area (Å²) in [6.07, 6.45) is 16.6. The number of hydrogen-bond donors (Lipinski definition) is 1. The molecule has 1 nitrogen and oxygen atoms in total. The maximum absolute atomic E-state index is 9.82. The van der Waals surface area contributed by atoms with E-state index in [0.29, 0.717) is 5.75 Å². The van der Waals surface area contributed by atoms with E-state index >= 15 is 0 Å². The molecule has 0 atom stereocenters. The zero-order valence-corrected chi connectivity index (χ0v) is 17.7. The first-order valence-electron chi connectivity index (χ1n) is 10.5. The highest BCUT2D eigenvalue weighted by molar-refractivity contribution is 7.99. The molecule has 1 aromatic rings. The molecule has 0 aliphatic heterocycles. The third-order valence-corrected chi connectivity index (χ3v) is 6.10. The van der Waals surface area contributed by atoms with Gasteiger partial charge in [0, 0.05) is 0 Å². The van der Waals surface area contributed by atoms with Gasteiger partial charge in [0.2, 0.25) is 0 Å². The minimum Gasteiger partial charge on any atom is -0.507 e. The van der Waals surface area contributed by atoms with Crippen molar-refractivity contribution in [3.8, 4) is 5.75 Å². The predicted octanol–water partition coefficient (Wildman–Crippen LogP) is 7.60. The van der Waals surface area contributed by atoms with Crippen LogP contribution in [0.1, 0.15) is 94.2 Å². The Hall–Kier alpha value is -0.630. The standard InChI is InChI=1S/C23H40OS/c1-4-5-6-7-8-9-10-11-12-13-16-25-17-14-15-22-18-20(2)23(24)21(3)19-22/h18-19,24H,4-17H2,1-3H3. The van der Waals surface area contributed by atoms with Crippen LogP contribution in [0.4, 0.5) is 0 Å². The molecule has 144 valence electrons. The molecule has 0 saturated heterocycles. The van der Waals surface area contributed by atoms with Crippen molar-refractivity contribution in [2.45, 2.75) is 97.8 Å². The second kappa shape index (κ2) is 14.5. The molecule has 1 N–H and O–H groups in total. The molecule has 25 heavy (non-hydrogen) atoms. The summed E-state index contributed by atoms with van der Waals surface area (Å²) in [5, 5.41) is 9.82. The molecule has 0 aromatic heterocycles. The summed E-state index contributed by atoms with van der Waals surface area (Å²) in [6, 6.07) is 4.27. The van der Waals surface area contributed by atoms with Crippen LogP contribution in [0.5, 0.6) is 5.75 Å². The summed E-state index contributed by atoms with van der Waals surface area (Å²) in [5.41, 5.74) is 3.38. The van der Waals surface area contributed by atoms with Gasteiger partial charge in [-0.1, -0.05) is 76.8 Å². The number of phenols is 1. The maximum Gasteiger partial charge on any atom is 0.121 e. The zero-order valence-electron chi connectivity index (χ0n) is 16.9. The van der Waals surface area contributed by atoms with E-state index in [1.165, 1.54) is 87.7 Å². The van der Waals surface area contributed by atoms with Crippen molar-refractivity contribution in [3.05, 3.63) is 28.8 Å². The first kappa shape index (κ1) is 22.4. The summed E-state index contributed by atoms with van der Waals surface area (Å²) in [4.78, 5) is 0. The van der Waals surface area contributed by atoms with E-state index in [0.717, 1.165) is 17.5 Å². The average Bonchev–Trinajstić information content (AvgIpc) is 2.60. The number of aryl methyl sites for hydroxylation is 3. The molecule has 0 saturated carbocycles. The van der Waals surface area contributed by atoms with Gasteiger partial charge in [0.1, 0.15) is 5.75 Å². The van der Waals surface area contributed by atoms with Crippen molar-refractivity contribution in [2.75, 3.05) is 11.5 Å². The molecule has 1 aromatic carbocycles. The summed E-state index contributed by atoms with van der Waals surface area (Å²) in [7, 11) is 0. The Kier molecular flexibility index (Phi) is 13.0. The van der Waals surface area contributed by atoms with Gasteiger partial charge in [-0.3, -0.25) is 0 Å². The van der Waals surface area contributed by atoms with Crippen molar-refractivity contribution in [1.29, 1.82) is 0 Å². The number of unbranched alkanes of at least 4 members (excludes halogenated alkanes) is 9. The molecular formula is C23H40OS. The Morgan fingerprint density at radius 3 is 1.76 bits per heavy atom. The lowest BCUT2D eigenvalue weighted by atomic mass is 10.0. The van der Waals surface area contributed by atoms with Gasteiger partial charge >= 0.3 is 0 Å². The minimum atomic E-state index is 0.457. The molecule has 0 fully saturated rings. The van der Waals surface area contributed by atoms with E-state index in [1.807, 2.05) is 13.8 Å². The largest absolute Gasteiger partial charge is 0.507 e. The van der Waals surface area contributed by atoms with Crippen LogP contribution in [0.2, 0.25) is 0 Å². The maximum atomic E-state index is 9.82. The van der Waals surface area contributed by atoms with E-state index in [9.17, 15) is 5.11 Å². The first-order chi connectivity index (χ1) is 12.1. The Labute approximate surface area is 161 Å². The smallest absolute Gasteiger partial charge is 0.121 e. The molecule has 0 bridgehead atoms. The molecule has 0 aliphatic rings. The monoisotopic (exact) mass is 364 g/mol. The van der Waals surface area contributed by atoms with Gasteiger partial charge in [0.25, 0.3) is 0 Å². The second-order valence-corrected chi connectivity index (χ2v) is 8.70. The van der Waals surface area contributed by atoms with Crippen LogP contribution in [-0.2, 0) is 6.42 Å². The fraction of sp³-hybridized carbons (Fsp3) is 0.739. The Bertz CT molecular complexity index is 432. The highest BCUT2D eigenvalue weighted by Crippen LogP contribution is 2.24. The predicted molar refractivity (Wildman–Crippen MR) is 115 cm³/mol. The highest BCUT2D eigenvalue weighted by atomic mass is 32.2. The third-order valence-electron chi connectivity index (χ3n) is 4.95. The summed E-state index contributed by atoms with van der Waals surface area (Å²) in [6.45, 7) is 6.27. The summed E-state index contributed by atoms with van der Waals surface area (Å²) < 4.78 is 0. The number of thioether (sulfide) groups is 1. The van der Waals surface area contributed by atoms with Crippen LogP contribution >= 0.6 is 11.8 Å². The fourth-order valence-electron chi connectivity index (χ4n) is 3.36. The Morgan fingerprint density at radius 1 is 0.720 bits per heavy atom. The van der Waals surface area contributed by atoms with Crippen LogP contribution in [-0.4, -0.2) is 16.6 Å². The molecule has 0 spiro atoms. The number of benzene rings is 1. The van der Waals surface area contributed by atoms with E-state index in [1.54, 1.807) is 0 Å². The summed E-state index contributed by atoms with van der Waals surface area (Å²) in [5.74, 6) is 3.04. The molecular weight excluding hydrogens is 324 g/mol. The van der Waals surface area contributed by atoms with E-state index in [4.69, 9.17) is 0 Å². The molecule has 0 radical (unpaired) electrons. The van der Waals surface area contributed by atoms with Crippen LogP contribution in [0.25, 0.3) is 0 Å². The van der Waals surface area contributed by atoms with Crippen LogP contribution in [0.15, 0.2) is 12.1 Å². The van der Waals surface area contributed by atoms with Gasteiger partial charge in [0.05, 0.1) is 0 Å². The highest BCUT2D eigenvalue weighted by Gasteiger charge is 2.03. The average molecular weight is 365 g/mol. The Morgan fingerprint density at radius 2 is 1.20 bits per heavy atom. The van der Waals surface area contributed by atoms with E-state index in [-0.39, 0.29) is 0 Å². The normalized spacial score (nSPS) is 11.2. The quantitative estimate of drug-likeness (QED) is 0.323. The number of aromatic hydroxyl groups is 1. The van der Waals surface area contributed by atoms with Gasteiger partial charge in [0.15, 0.2) is 0 Å². The lowest BCUT2D eigenvalue weighted by Crippen LogP contribution is -1.92. The molecule has 0 unspecified atom stereocenters. The minimum absolute atomic E-state index is 0.457. The third kappa shape index (κ3) is 10.8. The molecule has 1 rings (SSSR count). The van der Waals surface area contributed by atoms with Crippen LogP contribution < -0.4 is 0 Å². The van der Waals surface area contributed by atoms with E-state index in [2.05, 4.69) is 30.8 Å². The Balaban J connectivity index is 1.89. The molecule has 0 heterocycles. The SMILES string of the molecule is CCCCCCCCCCCCSCCCc1cc(C)c(O)c(C)c1. The van der Waals surface area contributed by atoms with E-state index < -0.39 is 0 Å². The number of rotatable bonds is 15. The topological polar surface area (TPSA) is 20.2 Å². The van der Waals surface area contributed by atoms with Crippen molar-refractivity contribution in [1.82, 2.24) is 0 Å². The fourth-order valence-corrected chi connectivity index (χ4v) is 4.32. The molecule has 0 aliphatic carbocycles. The summed E-state index contributed by atoms with van der Waals surface area (Å²) >= 11 is 2.11. The van der Waals surface area contributed by atoms with Gasteiger partial charge in [-0.25, -0.2) is 0 Å². The van der Waals surface area contributed by atoms with Gasteiger partial charge < -0.3 is 5.11 Å². The van der Waals surface area contributed by atoms with Gasteiger partial charge in [-0.2, -0.15) is 11.8 Å².